The van der Waals surface area contributed by atoms with E-state index in [1.807, 2.05) is 0 Å². The minimum atomic E-state index is -0.579. The summed E-state index contributed by atoms with van der Waals surface area (Å²) in [5.41, 5.74) is 0.0393. The summed E-state index contributed by atoms with van der Waals surface area (Å²) in [6.45, 7) is 5.18. The van der Waals surface area contributed by atoms with Crippen LogP contribution in [-0.2, 0) is 14.4 Å². The molecule has 22 heavy (non-hydrogen) atoms. The molecule has 0 saturated carbocycles. The van der Waals surface area contributed by atoms with Gasteiger partial charge in [0, 0.05) is 6.08 Å². The van der Waals surface area contributed by atoms with Crippen molar-refractivity contribution in [2.75, 3.05) is 6.61 Å². The van der Waals surface area contributed by atoms with Crippen molar-refractivity contribution in [1.29, 1.82) is 0 Å². The van der Waals surface area contributed by atoms with Gasteiger partial charge in [0.05, 0.1) is 17.7 Å². The van der Waals surface area contributed by atoms with Crippen LogP contribution in [0.2, 0.25) is 0 Å². The van der Waals surface area contributed by atoms with E-state index in [9.17, 15) is 14.4 Å². The standard InChI is InChI=1S/C16H17NO5/c1-16(2,3)22-13(18)9-6-10-21-17-14(19)11-7-4-5-8-12(11)15(17)20/h4-9H,10H2,1-3H3. The normalized spacial score (nSPS) is 14.6. The van der Waals surface area contributed by atoms with Gasteiger partial charge in [-0.05, 0) is 39.0 Å². The first-order chi connectivity index (χ1) is 10.3. The van der Waals surface area contributed by atoms with Crippen molar-refractivity contribution < 1.29 is 24.0 Å². The number of benzene rings is 1. The van der Waals surface area contributed by atoms with Gasteiger partial charge >= 0.3 is 5.97 Å². The number of ether oxygens (including phenoxy) is 1. The zero-order valence-corrected chi connectivity index (χ0v) is 12.7. The summed E-state index contributed by atoms with van der Waals surface area (Å²) in [7, 11) is 0. The number of hydrogen-bond acceptors (Lipinski definition) is 5. The van der Waals surface area contributed by atoms with Gasteiger partial charge in [0.25, 0.3) is 11.8 Å². The summed E-state index contributed by atoms with van der Waals surface area (Å²) in [5.74, 6) is -1.53. The third-order valence-corrected chi connectivity index (χ3v) is 2.72. The van der Waals surface area contributed by atoms with Crippen molar-refractivity contribution in [3.05, 3.63) is 47.5 Å². The van der Waals surface area contributed by atoms with Crippen molar-refractivity contribution in [3.8, 4) is 0 Å². The largest absolute Gasteiger partial charge is 0.457 e. The summed E-state index contributed by atoms with van der Waals surface area (Å²) in [5, 5.41) is 0.699. The lowest BCUT2D eigenvalue weighted by molar-refractivity contribution is -0.148. The highest BCUT2D eigenvalue weighted by atomic mass is 16.7. The fourth-order valence-electron chi connectivity index (χ4n) is 1.88. The van der Waals surface area contributed by atoms with Gasteiger partial charge in [-0.3, -0.25) is 14.4 Å². The van der Waals surface area contributed by atoms with Crippen molar-refractivity contribution in [3.63, 3.8) is 0 Å². The van der Waals surface area contributed by atoms with Crippen LogP contribution in [0.1, 0.15) is 41.5 Å². The molecule has 116 valence electrons. The SMILES string of the molecule is CC(C)(C)OC(=O)C=CCON1C(=O)c2ccccc2C1=O. The second-order valence-corrected chi connectivity index (χ2v) is 5.68. The van der Waals surface area contributed by atoms with Crippen LogP contribution >= 0.6 is 0 Å². The molecule has 0 radical (unpaired) electrons. The van der Waals surface area contributed by atoms with Crippen LogP contribution in [0.15, 0.2) is 36.4 Å². The summed E-state index contributed by atoms with van der Waals surface area (Å²) >= 11 is 0. The summed E-state index contributed by atoms with van der Waals surface area (Å²) in [4.78, 5) is 40.6. The average molecular weight is 303 g/mol. The smallest absolute Gasteiger partial charge is 0.331 e. The zero-order chi connectivity index (χ0) is 16.3. The molecule has 6 heteroatoms. The molecular weight excluding hydrogens is 286 g/mol. The lowest BCUT2D eigenvalue weighted by Crippen LogP contribution is -2.30. The number of carbonyl (C=O) groups excluding carboxylic acids is 3. The number of hydroxylamine groups is 2. The van der Waals surface area contributed by atoms with Gasteiger partial charge in [-0.2, -0.15) is 0 Å². The second kappa shape index (κ2) is 6.11. The van der Waals surface area contributed by atoms with Gasteiger partial charge in [-0.15, -0.1) is 5.06 Å². The summed E-state index contributed by atoms with van der Waals surface area (Å²) in [6, 6.07) is 6.48. The van der Waals surface area contributed by atoms with Crippen molar-refractivity contribution >= 4 is 17.8 Å². The molecule has 2 rings (SSSR count). The first kappa shape index (κ1) is 15.9. The van der Waals surface area contributed by atoms with Gasteiger partial charge in [-0.25, -0.2) is 4.79 Å². The van der Waals surface area contributed by atoms with E-state index in [-0.39, 0.29) is 6.61 Å². The fourth-order valence-corrected chi connectivity index (χ4v) is 1.88. The van der Waals surface area contributed by atoms with E-state index >= 15 is 0 Å². The molecule has 2 amide bonds. The Balaban J connectivity index is 1.90. The van der Waals surface area contributed by atoms with E-state index in [2.05, 4.69) is 0 Å². The number of imide groups is 1. The first-order valence-electron chi connectivity index (χ1n) is 6.80. The summed E-state index contributed by atoms with van der Waals surface area (Å²) < 4.78 is 5.07. The highest BCUT2D eigenvalue weighted by Crippen LogP contribution is 2.22. The molecule has 6 nitrogen and oxygen atoms in total. The molecule has 0 atom stereocenters. The minimum absolute atomic E-state index is 0.0925. The first-order valence-corrected chi connectivity index (χ1v) is 6.80. The number of fused-ring (bicyclic) bond motifs is 1. The van der Waals surface area contributed by atoms with Crippen molar-refractivity contribution in [2.45, 2.75) is 26.4 Å². The molecule has 1 aliphatic rings. The summed E-state index contributed by atoms with van der Waals surface area (Å²) in [6.07, 6.45) is 2.58. The van der Waals surface area contributed by atoms with Gasteiger partial charge < -0.3 is 4.74 Å². The highest BCUT2D eigenvalue weighted by Gasteiger charge is 2.36. The average Bonchev–Trinajstić information content (AvgIpc) is 2.67. The van der Waals surface area contributed by atoms with Gasteiger partial charge in [0.15, 0.2) is 0 Å². The number of esters is 1. The molecule has 0 saturated heterocycles. The van der Waals surface area contributed by atoms with Gasteiger partial charge in [0.1, 0.15) is 5.60 Å². The Morgan fingerprint density at radius 1 is 1.14 bits per heavy atom. The molecule has 0 spiro atoms. The number of amides is 2. The quantitative estimate of drug-likeness (QED) is 0.484. The lowest BCUT2D eigenvalue weighted by Gasteiger charge is -2.18. The Morgan fingerprint density at radius 3 is 2.18 bits per heavy atom. The highest BCUT2D eigenvalue weighted by molar-refractivity contribution is 6.20. The van der Waals surface area contributed by atoms with Gasteiger partial charge in [-0.1, -0.05) is 12.1 Å². The molecule has 1 aromatic carbocycles. The third-order valence-electron chi connectivity index (χ3n) is 2.72. The van der Waals surface area contributed by atoms with Crippen LogP contribution in [0, 0.1) is 0 Å². The predicted octanol–water partition coefficient (Wildman–Crippen LogP) is 2.11. The van der Waals surface area contributed by atoms with Crippen LogP contribution in [0.4, 0.5) is 0 Å². The molecule has 0 aromatic heterocycles. The van der Waals surface area contributed by atoms with Crippen LogP contribution in [0.3, 0.4) is 0 Å². The Hall–Kier alpha value is -2.47. The Morgan fingerprint density at radius 2 is 1.68 bits per heavy atom. The van der Waals surface area contributed by atoms with E-state index in [0.29, 0.717) is 16.2 Å². The zero-order valence-electron chi connectivity index (χ0n) is 12.7. The van der Waals surface area contributed by atoms with Gasteiger partial charge in [0.2, 0.25) is 0 Å². The molecule has 0 aliphatic carbocycles. The van der Waals surface area contributed by atoms with E-state index in [0.717, 1.165) is 0 Å². The number of nitrogens with zero attached hydrogens (tertiary/aromatic N) is 1. The molecule has 0 fully saturated rings. The minimum Gasteiger partial charge on any atom is -0.457 e. The third kappa shape index (κ3) is 3.59. The van der Waals surface area contributed by atoms with E-state index in [1.165, 1.54) is 12.2 Å². The Kier molecular flexibility index (Phi) is 4.42. The van der Waals surface area contributed by atoms with Crippen LogP contribution in [-0.4, -0.2) is 35.1 Å². The molecular formula is C16H17NO5. The topological polar surface area (TPSA) is 72.9 Å². The fraction of sp³-hybridized carbons (Fsp3) is 0.312. The maximum Gasteiger partial charge on any atom is 0.331 e. The Labute approximate surface area is 128 Å². The van der Waals surface area contributed by atoms with E-state index in [1.54, 1.807) is 45.0 Å². The molecule has 1 heterocycles. The maximum absolute atomic E-state index is 12.0. The number of carbonyl (C=O) groups is 3. The van der Waals surface area contributed by atoms with E-state index in [4.69, 9.17) is 9.57 Å². The lowest BCUT2D eigenvalue weighted by atomic mass is 10.1. The molecule has 0 N–H and O–H groups in total. The molecule has 0 unspecified atom stereocenters. The molecule has 1 aromatic rings. The van der Waals surface area contributed by atoms with Crippen molar-refractivity contribution in [2.24, 2.45) is 0 Å². The second-order valence-electron chi connectivity index (χ2n) is 5.68. The number of rotatable bonds is 4. The predicted molar refractivity (Wildman–Crippen MR) is 77.9 cm³/mol. The van der Waals surface area contributed by atoms with E-state index < -0.39 is 23.4 Å². The van der Waals surface area contributed by atoms with Crippen molar-refractivity contribution in [1.82, 2.24) is 5.06 Å². The molecule has 1 aliphatic heterocycles. The van der Waals surface area contributed by atoms with Crippen LogP contribution in [0.25, 0.3) is 0 Å². The Bertz CT molecular complexity index is 607. The van der Waals surface area contributed by atoms with Crippen LogP contribution < -0.4 is 0 Å². The van der Waals surface area contributed by atoms with Crippen LogP contribution in [0.5, 0.6) is 0 Å². The maximum atomic E-state index is 12.0. The monoisotopic (exact) mass is 303 g/mol. The molecule has 0 bridgehead atoms. The number of hydrogen-bond donors (Lipinski definition) is 0.